The molecule has 9 heteroatoms. The molecule has 2 fully saturated rings. The number of hydrogen-bond acceptors (Lipinski definition) is 5. The topological polar surface area (TPSA) is 103 Å². The molecule has 0 bridgehead atoms. The molecule has 2 aliphatic rings. The molecule has 2 unspecified atom stereocenters. The standard InChI is InChI=1S/C18H20N4O4S/c19-20-9-16(23)14-7-4-8-21(14)17(24)15-11-27-12-22(15)18(25)26-10-13-5-2-1-3-6-13/h1-3,5-6,9,14-15H,4,7-8,10-12H2. The second-order valence-electron chi connectivity index (χ2n) is 6.36. The van der Waals surface area contributed by atoms with Gasteiger partial charge in [0.2, 0.25) is 5.91 Å². The van der Waals surface area contributed by atoms with Crippen LogP contribution in [-0.4, -0.2) is 68.8 Å². The summed E-state index contributed by atoms with van der Waals surface area (Å²) in [5, 5.41) is 0. The van der Waals surface area contributed by atoms with Gasteiger partial charge in [-0.25, -0.2) is 4.79 Å². The van der Waals surface area contributed by atoms with Gasteiger partial charge in [0.25, 0.3) is 5.78 Å². The normalized spacial score (nSPS) is 21.6. The van der Waals surface area contributed by atoms with Crippen molar-refractivity contribution < 1.29 is 23.9 Å². The molecule has 8 nitrogen and oxygen atoms in total. The van der Waals surface area contributed by atoms with Crippen molar-refractivity contribution in [1.29, 1.82) is 0 Å². The number of amides is 2. The molecule has 2 amide bonds. The van der Waals surface area contributed by atoms with Crippen molar-refractivity contribution in [1.82, 2.24) is 9.80 Å². The van der Waals surface area contributed by atoms with Gasteiger partial charge in [-0.05, 0) is 18.4 Å². The summed E-state index contributed by atoms with van der Waals surface area (Å²) in [6.45, 7) is 0.585. The van der Waals surface area contributed by atoms with Gasteiger partial charge in [0.1, 0.15) is 18.7 Å². The molecule has 142 valence electrons. The fourth-order valence-corrected chi connectivity index (χ4v) is 4.42. The van der Waals surface area contributed by atoms with Crippen LogP contribution >= 0.6 is 11.8 Å². The quantitative estimate of drug-likeness (QED) is 0.433. The maximum absolute atomic E-state index is 13.0. The van der Waals surface area contributed by atoms with Crippen molar-refractivity contribution in [3.05, 3.63) is 41.4 Å². The average molecular weight is 388 g/mol. The van der Waals surface area contributed by atoms with Crippen molar-refractivity contribution in [2.75, 3.05) is 18.2 Å². The number of ketones is 1. The smallest absolute Gasteiger partial charge is 0.411 e. The van der Waals surface area contributed by atoms with Crippen molar-refractivity contribution >= 4 is 35.8 Å². The van der Waals surface area contributed by atoms with Crippen LogP contribution in [0.5, 0.6) is 0 Å². The van der Waals surface area contributed by atoms with Crippen LogP contribution in [0.25, 0.3) is 5.53 Å². The molecule has 0 aromatic heterocycles. The molecule has 2 atom stereocenters. The predicted molar refractivity (Wildman–Crippen MR) is 99.0 cm³/mol. The van der Waals surface area contributed by atoms with Gasteiger partial charge < -0.3 is 15.2 Å². The first-order valence-electron chi connectivity index (χ1n) is 8.68. The zero-order valence-corrected chi connectivity index (χ0v) is 15.5. The number of hydrogen-bond donors (Lipinski definition) is 0. The lowest BCUT2D eigenvalue weighted by molar-refractivity contribution is -0.139. The molecule has 0 aliphatic carbocycles. The number of Topliss-reactive ketones (excluding diaryl/α,β-unsaturated/α-hetero) is 1. The summed E-state index contributed by atoms with van der Waals surface area (Å²) in [5.41, 5.74) is 9.44. The van der Waals surface area contributed by atoms with Crippen LogP contribution in [0.3, 0.4) is 0 Å². The van der Waals surface area contributed by atoms with E-state index >= 15 is 0 Å². The maximum Gasteiger partial charge on any atom is 0.411 e. The Labute approximate surface area is 161 Å². The first-order chi connectivity index (χ1) is 13.1. The first kappa shape index (κ1) is 19.1. The number of thioether (sulfide) groups is 1. The lowest BCUT2D eigenvalue weighted by atomic mass is 10.1. The fourth-order valence-electron chi connectivity index (χ4n) is 3.29. The Bertz CT molecular complexity index is 766. The largest absolute Gasteiger partial charge is 0.445 e. The van der Waals surface area contributed by atoms with Gasteiger partial charge in [-0.15, -0.1) is 11.8 Å². The third kappa shape index (κ3) is 4.37. The molecular weight excluding hydrogens is 368 g/mol. The van der Waals surface area contributed by atoms with Crippen LogP contribution < -0.4 is 0 Å². The second kappa shape index (κ2) is 8.83. The first-order valence-corrected chi connectivity index (χ1v) is 9.84. The number of benzene rings is 1. The highest BCUT2D eigenvalue weighted by Crippen LogP contribution is 2.27. The van der Waals surface area contributed by atoms with E-state index < -0.39 is 24.0 Å². The van der Waals surface area contributed by atoms with Gasteiger partial charge in [-0.3, -0.25) is 14.5 Å². The summed E-state index contributed by atoms with van der Waals surface area (Å²) in [4.78, 5) is 43.1. The molecule has 27 heavy (non-hydrogen) atoms. The third-order valence-corrected chi connectivity index (χ3v) is 5.67. The predicted octanol–water partition coefficient (Wildman–Crippen LogP) is 1.56. The summed E-state index contributed by atoms with van der Waals surface area (Å²) >= 11 is 1.47. The zero-order valence-electron chi connectivity index (χ0n) is 14.7. The van der Waals surface area contributed by atoms with E-state index in [1.807, 2.05) is 30.3 Å². The van der Waals surface area contributed by atoms with Gasteiger partial charge in [0.05, 0.1) is 5.88 Å². The van der Waals surface area contributed by atoms with E-state index in [9.17, 15) is 14.4 Å². The second-order valence-corrected chi connectivity index (χ2v) is 7.36. The fraction of sp³-hybridized carbons (Fsp3) is 0.444. The van der Waals surface area contributed by atoms with E-state index in [-0.39, 0.29) is 12.5 Å². The summed E-state index contributed by atoms with van der Waals surface area (Å²) in [6, 6.07) is 8.03. The molecule has 3 rings (SSSR count). The Morgan fingerprint density at radius 2 is 2.00 bits per heavy atom. The van der Waals surface area contributed by atoms with E-state index in [2.05, 4.69) is 4.79 Å². The molecule has 2 heterocycles. The highest BCUT2D eigenvalue weighted by atomic mass is 32.2. The van der Waals surface area contributed by atoms with Gasteiger partial charge in [0.15, 0.2) is 0 Å². The Hall–Kier alpha value is -2.64. The van der Waals surface area contributed by atoms with Gasteiger partial charge in [-0.1, -0.05) is 30.3 Å². The summed E-state index contributed by atoms with van der Waals surface area (Å²) in [5.74, 6) is 0.158. The number of nitrogens with zero attached hydrogens (tertiary/aromatic N) is 4. The third-order valence-electron chi connectivity index (χ3n) is 4.66. The molecule has 2 saturated heterocycles. The van der Waals surface area contributed by atoms with E-state index in [1.165, 1.54) is 21.6 Å². The van der Waals surface area contributed by atoms with Crippen LogP contribution in [0, 0.1) is 0 Å². The van der Waals surface area contributed by atoms with Crippen LogP contribution in [0.15, 0.2) is 30.3 Å². The Balaban J connectivity index is 1.64. The molecule has 0 N–H and O–H groups in total. The number of rotatable bonds is 5. The van der Waals surface area contributed by atoms with Gasteiger partial charge >= 0.3 is 12.3 Å². The van der Waals surface area contributed by atoms with Crippen molar-refractivity contribution in [2.45, 2.75) is 31.5 Å². The number of ether oxygens (including phenoxy) is 1. The summed E-state index contributed by atoms with van der Waals surface area (Å²) < 4.78 is 5.35. The Morgan fingerprint density at radius 1 is 1.22 bits per heavy atom. The van der Waals surface area contributed by atoms with Crippen LogP contribution in [0.2, 0.25) is 0 Å². The minimum atomic E-state index is -0.655. The Morgan fingerprint density at radius 3 is 2.74 bits per heavy atom. The van der Waals surface area contributed by atoms with Gasteiger partial charge in [0, 0.05) is 12.3 Å². The monoisotopic (exact) mass is 388 g/mol. The lowest BCUT2D eigenvalue weighted by Gasteiger charge is -2.29. The summed E-state index contributed by atoms with van der Waals surface area (Å²) in [6.07, 6.45) is 1.50. The molecule has 0 radical (unpaired) electrons. The Kier molecular flexibility index (Phi) is 6.26. The molecular formula is C18H20N4O4S. The maximum atomic E-state index is 13.0. The van der Waals surface area contributed by atoms with E-state index in [1.54, 1.807) is 0 Å². The zero-order chi connectivity index (χ0) is 19.2. The highest BCUT2D eigenvalue weighted by molar-refractivity contribution is 7.99. The van der Waals surface area contributed by atoms with Gasteiger partial charge in [-0.2, -0.15) is 4.79 Å². The molecule has 1 aromatic carbocycles. The van der Waals surface area contributed by atoms with E-state index in [0.717, 1.165) is 11.8 Å². The van der Waals surface area contributed by atoms with E-state index in [4.69, 9.17) is 10.3 Å². The van der Waals surface area contributed by atoms with Crippen LogP contribution in [-0.2, 0) is 20.9 Å². The van der Waals surface area contributed by atoms with Crippen LogP contribution in [0.1, 0.15) is 18.4 Å². The molecule has 2 aliphatic heterocycles. The lowest BCUT2D eigenvalue weighted by Crippen LogP contribution is -2.52. The molecule has 0 spiro atoms. The highest BCUT2D eigenvalue weighted by Gasteiger charge is 2.43. The summed E-state index contributed by atoms with van der Waals surface area (Å²) in [7, 11) is 0. The average Bonchev–Trinajstić information content (AvgIpc) is 3.36. The minimum absolute atomic E-state index is 0.138. The SMILES string of the molecule is [N-]=[N+]=CC(=O)C1CCCN1C(=O)C1CSCN1C(=O)OCc1ccccc1. The minimum Gasteiger partial charge on any atom is -0.445 e. The van der Waals surface area contributed by atoms with Crippen LogP contribution in [0.4, 0.5) is 4.79 Å². The van der Waals surface area contributed by atoms with Crippen molar-refractivity contribution in [2.24, 2.45) is 0 Å². The molecule has 0 saturated carbocycles. The molecule has 1 aromatic rings. The van der Waals surface area contributed by atoms with E-state index in [0.29, 0.717) is 31.0 Å². The number of carbonyl (C=O) groups is 3. The van der Waals surface area contributed by atoms with Crippen molar-refractivity contribution in [3.63, 3.8) is 0 Å². The number of likely N-dealkylation sites (tertiary alicyclic amines) is 1. The number of carbonyl (C=O) groups excluding carboxylic acids is 3. The van der Waals surface area contributed by atoms with Crippen molar-refractivity contribution in [3.8, 4) is 0 Å².